The van der Waals surface area contributed by atoms with Crippen LogP contribution in [-0.2, 0) is 4.79 Å². The number of aliphatic carboxylic acids is 1. The van der Waals surface area contributed by atoms with Gasteiger partial charge in [0.05, 0.1) is 13.1 Å². The lowest BCUT2D eigenvalue weighted by atomic mass is 10.2. The summed E-state index contributed by atoms with van der Waals surface area (Å²) in [4.78, 5) is 27.8. The van der Waals surface area contributed by atoms with Gasteiger partial charge in [-0.3, -0.25) is 14.5 Å². The molecule has 88 valence electrons. The normalized spacial score (nSPS) is 11.0. The van der Waals surface area contributed by atoms with E-state index in [1.807, 2.05) is 13.8 Å². The molecular weight excluding hydrogens is 228 g/mol. The van der Waals surface area contributed by atoms with Gasteiger partial charge in [-0.1, -0.05) is 0 Å². The molecule has 0 unspecified atom stereocenters. The third kappa shape index (κ3) is 3.71. The van der Waals surface area contributed by atoms with Crippen LogP contribution in [0.1, 0.15) is 23.6 Å². The standard InChI is InChI=1S/C10H14N2O3S/c1-7(2)12(6-9(14)15)5-8(13)10-11-3-4-16-10/h3-4,7H,5-6H2,1-2H3,(H,14,15). The molecule has 0 aliphatic heterocycles. The van der Waals surface area contributed by atoms with Crippen LogP contribution in [0.4, 0.5) is 0 Å². The van der Waals surface area contributed by atoms with Crippen molar-refractivity contribution in [2.75, 3.05) is 13.1 Å². The van der Waals surface area contributed by atoms with Gasteiger partial charge in [-0.25, -0.2) is 4.98 Å². The van der Waals surface area contributed by atoms with Crippen LogP contribution in [-0.4, -0.2) is 45.9 Å². The Labute approximate surface area is 97.7 Å². The highest BCUT2D eigenvalue weighted by atomic mass is 32.1. The number of carbonyl (C=O) groups is 2. The quantitative estimate of drug-likeness (QED) is 0.757. The van der Waals surface area contributed by atoms with E-state index in [1.54, 1.807) is 16.5 Å². The molecule has 0 saturated carbocycles. The molecule has 0 aliphatic rings. The zero-order valence-electron chi connectivity index (χ0n) is 9.21. The fourth-order valence-electron chi connectivity index (χ4n) is 1.21. The van der Waals surface area contributed by atoms with Crippen LogP contribution in [0, 0.1) is 0 Å². The lowest BCUT2D eigenvalue weighted by Gasteiger charge is -2.22. The summed E-state index contributed by atoms with van der Waals surface area (Å²) >= 11 is 1.27. The number of ketones is 1. The van der Waals surface area contributed by atoms with Crippen molar-refractivity contribution in [3.63, 3.8) is 0 Å². The van der Waals surface area contributed by atoms with Gasteiger partial charge in [0, 0.05) is 17.6 Å². The average molecular weight is 242 g/mol. The van der Waals surface area contributed by atoms with Crippen molar-refractivity contribution >= 4 is 23.1 Å². The van der Waals surface area contributed by atoms with Crippen molar-refractivity contribution < 1.29 is 14.7 Å². The van der Waals surface area contributed by atoms with Crippen molar-refractivity contribution in [1.29, 1.82) is 0 Å². The minimum atomic E-state index is -0.930. The molecule has 0 radical (unpaired) electrons. The summed E-state index contributed by atoms with van der Waals surface area (Å²) in [7, 11) is 0. The predicted molar refractivity (Wildman–Crippen MR) is 60.8 cm³/mol. The number of rotatable bonds is 6. The van der Waals surface area contributed by atoms with Gasteiger partial charge < -0.3 is 5.11 Å². The summed E-state index contributed by atoms with van der Waals surface area (Å²) < 4.78 is 0. The minimum Gasteiger partial charge on any atom is -0.480 e. The second-order valence-corrected chi connectivity index (χ2v) is 4.55. The molecule has 0 atom stereocenters. The third-order valence-corrected chi connectivity index (χ3v) is 2.90. The van der Waals surface area contributed by atoms with Crippen LogP contribution in [0.3, 0.4) is 0 Å². The first kappa shape index (κ1) is 12.8. The molecule has 1 aromatic rings. The molecule has 0 saturated heterocycles. The summed E-state index contributed by atoms with van der Waals surface area (Å²) in [6.45, 7) is 3.68. The monoisotopic (exact) mass is 242 g/mol. The van der Waals surface area contributed by atoms with Crippen LogP contribution in [0.5, 0.6) is 0 Å². The Morgan fingerprint density at radius 1 is 1.50 bits per heavy atom. The fraction of sp³-hybridized carbons (Fsp3) is 0.500. The van der Waals surface area contributed by atoms with E-state index in [1.165, 1.54) is 11.3 Å². The third-order valence-electron chi connectivity index (χ3n) is 2.09. The molecule has 0 spiro atoms. The fourth-order valence-corrected chi connectivity index (χ4v) is 1.78. The number of carboxylic acid groups (broad SMARTS) is 1. The van der Waals surface area contributed by atoms with Crippen molar-refractivity contribution in [1.82, 2.24) is 9.88 Å². The van der Waals surface area contributed by atoms with E-state index in [-0.39, 0.29) is 24.9 Å². The Hall–Kier alpha value is -1.27. The maximum atomic E-state index is 11.7. The first-order chi connectivity index (χ1) is 7.50. The Morgan fingerprint density at radius 3 is 2.62 bits per heavy atom. The van der Waals surface area contributed by atoms with Crippen LogP contribution >= 0.6 is 11.3 Å². The number of thiazole rings is 1. The molecule has 1 rings (SSSR count). The largest absolute Gasteiger partial charge is 0.480 e. The molecule has 1 N–H and O–H groups in total. The van der Waals surface area contributed by atoms with Gasteiger partial charge in [-0.15, -0.1) is 11.3 Å². The number of carbonyl (C=O) groups excluding carboxylic acids is 1. The summed E-state index contributed by atoms with van der Waals surface area (Å²) in [5.74, 6) is -1.06. The van der Waals surface area contributed by atoms with Crippen molar-refractivity contribution in [3.8, 4) is 0 Å². The second kappa shape index (κ2) is 5.72. The van der Waals surface area contributed by atoms with Crippen molar-refractivity contribution in [3.05, 3.63) is 16.6 Å². The van der Waals surface area contributed by atoms with Crippen LogP contribution in [0.25, 0.3) is 0 Å². The Morgan fingerprint density at radius 2 is 2.19 bits per heavy atom. The Balaban J connectivity index is 2.61. The van der Waals surface area contributed by atoms with Gasteiger partial charge >= 0.3 is 5.97 Å². The van der Waals surface area contributed by atoms with Gasteiger partial charge in [0.2, 0.25) is 5.78 Å². The lowest BCUT2D eigenvalue weighted by Crippen LogP contribution is -2.39. The number of nitrogens with zero attached hydrogens (tertiary/aromatic N) is 2. The van der Waals surface area contributed by atoms with Gasteiger partial charge in [-0.05, 0) is 13.8 Å². The number of hydrogen-bond acceptors (Lipinski definition) is 5. The number of Topliss-reactive ketones (excluding diaryl/α,β-unsaturated/α-hetero) is 1. The predicted octanol–water partition coefficient (Wildman–Crippen LogP) is 1.12. The summed E-state index contributed by atoms with van der Waals surface area (Å²) in [5, 5.41) is 10.9. The molecule has 0 fully saturated rings. The van der Waals surface area contributed by atoms with E-state index < -0.39 is 5.97 Å². The molecule has 0 bridgehead atoms. The molecule has 1 heterocycles. The van der Waals surface area contributed by atoms with Crippen molar-refractivity contribution in [2.45, 2.75) is 19.9 Å². The Kier molecular flexibility index (Phi) is 4.57. The first-order valence-corrected chi connectivity index (χ1v) is 5.77. The summed E-state index contributed by atoms with van der Waals surface area (Å²) in [6, 6.07) is 0.0139. The van der Waals surface area contributed by atoms with Gasteiger partial charge in [0.1, 0.15) is 0 Å². The smallest absolute Gasteiger partial charge is 0.317 e. The maximum absolute atomic E-state index is 11.7. The summed E-state index contributed by atoms with van der Waals surface area (Å²) in [5.41, 5.74) is 0. The lowest BCUT2D eigenvalue weighted by molar-refractivity contribution is -0.138. The molecule has 6 heteroatoms. The Bertz CT molecular complexity index is 362. The topological polar surface area (TPSA) is 70.5 Å². The van der Waals surface area contributed by atoms with Crippen LogP contribution in [0.15, 0.2) is 11.6 Å². The summed E-state index contributed by atoms with van der Waals surface area (Å²) in [6.07, 6.45) is 1.56. The van der Waals surface area contributed by atoms with Crippen molar-refractivity contribution in [2.24, 2.45) is 0 Å². The first-order valence-electron chi connectivity index (χ1n) is 4.89. The molecule has 0 aliphatic carbocycles. The van der Waals surface area contributed by atoms with E-state index in [9.17, 15) is 9.59 Å². The highest BCUT2D eigenvalue weighted by Gasteiger charge is 2.19. The van der Waals surface area contributed by atoms with Crippen LogP contribution < -0.4 is 0 Å². The highest BCUT2D eigenvalue weighted by molar-refractivity contribution is 7.11. The minimum absolute atomic E-state index is 0.0139. The van der Waals surface area contributed by atoms with E-state index in [4.69, 9.17) is 5.11 Å². The number of carboxylic acids is 1. The average Bonchev–Trinajstić information content (AvgIpc) is 2.68. The van der Waals surface area contributed by atoms with E-state index in [2.05, 4.69) is 4.98 Å². The molecule has 16 heavy (non-hydrogen) atoms. The zero-order chi connectivity index (χ0) is 12.1. The molecule has 0 aromatic carbocycles. The maximum Gasteiger partial charge on any atom is 0.317 e. The van der Waals surface area contributed by atoms with Gasteiger partial charge in [-0.2, -0.15) is 0 Å². The molecular formula is C10H14N2O3S. The number of hydrogen-bond donors (Lipinski definition) is 1. The number of aromatic nitrogens is 1. The van der Waals surface area contributed by atoms with E-state index >= 15 is 0 Å². The molecule has 5 nitrogen and oxygen atoms in total. The molecule has 1 aromatic heterocycles. The second-order valence-electron chi connectivity index (χ2n) is 3.65. The van der Waals surface area contributed by atoms with E-state index in [0.29, 0.717) is 5.01 Å². The van der Waals surface area contributed by atoms with Gasteiger partial charge in [0.25, 0.3) is 0 Å². The zero-order valence-corrected chi connectivity index (χ0v) is 10.0. The SMILES string of the molecule is CC(C)N(CC(=O)O)CC(=O)c1nccs1. The van der Waals surface area contributed by atoms with Crippen LogP contribution in [0.2, 0.25) is 0 Å². The van der Waals surface area contributed by atoms with E-state index in [0.717, 1.165) is 0 Å². The van der Waals surface area contributed by atoms with Gasteiger partial charge in [0.15, 0.2) is 5.01 Å². The molecule has 0 amide bonds. The highest BCUT2D eigenvalue weighted by Crippen LogP contribution is 2.07.